The molecule has 0 aliphatic heterocycles. The molecule has 0 amide bonds. The summed E-state index contributed by atoms with van der Waals surface area (Å²) in [6.45, 7) is 2.53. The summed E-state index contributed by atoms with van der Waals surface area (Å²) in [6.07, 6.45) is 0.334. The van der Waals surface area contributed by atoms with Crippen LogP contribution in [0, 0.1) is 5.82 Å². The van der Waals surface area contributed by atoms with Gasteiger partial charge in [-0.3, -0.25) is 4.79 Å². The second-order valence-corrected chi connectivity index (χ2v) is 5.04. The number of aromatic nitrogens is 3. The number of carboxylic acid groups (broad SMARTS) is 1. The molecule has 1 heterocycles. The zero-order valence-corrected chi connectivity index (χ0v) is 11.7. The fourth-order valence-corrected chi connectivity index (χ4v) is 2.55. The van der Waals surface area contributed by atoms with Crippen LogP contribution < -0.4 is 0 Å². The zero-order valence-electron chi connectivity index (χ0n) is 10.9. The highest BCUT2D eigenvalue weighted by Gasteiger charge is 2.14. The van der Waals surface area contributed by atoms with Crippen LogP contribution in [0.15, 0.2) is 29.4 Å². The maximum absolute atomic E-state index is 13.6. The molecule has 0 unspecified atom stereocenters. The Morgan fingerprint density at radius 3 is 2.80 bits per heavy atom. The number of benzene rings is 1. The molecule has 0 spiro atoms. The second kappa shape index (κ2) is 6.51. The average molecular weight is 295 g/mol. The molecule has 7 heteroatoms. The lowest BCUT2D eigenvalue weighted by atomic mass is 10.1. The van der Waals surface area contributed by atoms with Crippen molar-refractivity contribution >= 4 is 17.7 Å². The van der Waals surface area contributed by atoms with E-state index in [1.54, 1.807) is 22.8 Å². The first-order chi connectivity index (χ1) is 9.61. The number of carbonyl (C=O) groups is 1. The van der Waals surface area contributed by atoms with E-state index in [9.17, 15) is 9.18 Å². The summed E-state index contributed by atoms with van der Waals surface area (Å²) in [5, 5.41) is 17.2. The molecule has 0 bridgehead atoms. The Kier molecular flexibility index (Phi) is 4.73. The first kappa shape index (κ1) is 14.5. The Labute approximate surface area is 119 Å². The van der Waals surface area contributed by atoms with Gasteiger partial charge in [0.05, 0.1) is 5.75 Å². The molecule has 2 rings (SSSR count). The van der Waals surface area contributed by atoms with Crippen LogP contribution in [0.4, 0.5) is 4.39 Å². The van der Waals surface area contributed by atoms with Crippen LogP contribution >= 0.6 is 11.8 Å². The Hall–Kier alpha value is -1.89. The summed E-state index contributed by atoms with van der Waals surface area (Å²) in [4.78, 5) is 10.6. The molecular weight excluding hydrogens is 281 g/mol. The van der Waals surface area contributed by atoms with Crippen molar-refractivity contribution in [3.05, 3.63) is 41.5 Å². The zero-order chi connectivity index (χ0) is 14.5. The van der Waals surface area contributed by atoms with Crippen LogP contribution in [0.2, 0.25) is 0 Å². The minimum atomic E-state index is -0.906. The summed E-state index contributed by atoms with van der Waals surface area (Å²) >= 11 is 1.11. The largest absolute Gasteiger partial charge is 0.481 e. The van der Waals surface area contributed by atoms with E-state index >= 15 is 0 Å². The molecule has 106 valence electrons. The molecule has 5 nitrogen and oxygen atoms in total. The van der Waals surface area contributed by atoms with E-state index in [0.717, 1.165) is 11.8 Å². The van der Waals surface area contributed by atoms with E-state index in [-0.39, 0.29) is 11.6 Å². The molecule has 1 aromatic heterocycles. The lowest BCUT2D eigenvalue weighted by molar-refractivity contribution is -0.133. The number of aliphatic carboxylic acids is 1. The van der Waals surface area contributed by atoms with Crippen LogP contribution in [0.5, 0.6) is 0 Å². The number of rotatable bonds is 6. The van der Waals surface area contributed by atoms with Crippen LogP contribution in [0.1, 0.15) is 18.3 Å². The third-order valence-electron chi connectivity index (χ3n) is 2.74. The monoisotopic (exact) mass is 295 g/mol. The van der Waals surface area contributed by atoms with Crippen LogP contribution in [-0.4, -0.2) is 31.6 Å². The summed E-state index contributed by atoms with van der Waals surface area (Å²) in [6, 6.07) is 6.51. The third kappa shape index (κ3) is 3.36. The van der Waals surface area contributed by atoms with Gasteiger partial charge in [-0.05, 0) is 18.6 Å². The number of thioether (sulfide) groups is 1. The molecule has 0 aliphatic carbocycles. The van der Waals surface area contributed by atoms with Crippen molar-refractivity contribution in [1.29, 1.82) is 0 Å². The molecule has 0 aliphatic rings. The molecule has 2 aromatic rings. The molecule has 0 fully saturated rings. The predicted octanol–water partition coefficient (Wildman–Crippen LogP) is 2.20. The van der Waals surface area contributed by atoms with Crippen LogP contribution in [0.3, 0.4) is 0 Å². The number of nitrogens with zero attached hydrogens (tertiary/aromatic N) is 3. The average Bonchev–Trinajstić information content (AvgIpc) is 2.81. The molecule has 20 heavy (non-hydrogen) atoms. The number of carboxylic acids is 1. The fraction of sp³-hybridized carbons (Fsp3) is 0.308. The lowest BCUT2D eigenvalue weighted by Gasteiger charge is -2.07. The maximum Gasteiger partial charge on any atom is 0.313 e. The van der Waals surface area contributed by atoms with Gasteiger partial charge in [0.15, 0.2) is 5.16 Å². The third-order valence-corrected chi connectivity index (χ3v) is 3.69. The van der Waals surface area contributed by atoms with Crippen molar-refractivity contribution in [1.82, 2.24) is 14.8 Å². The van der Waals surface area contributed by atoms with Crippen LogP contribution in [0.25, 0.3) is 0 Å². The van der Waals surface area contributed by atoms with E-state index in [1.807, 2.05) is 6.92 Å². The molecule has 1 aromatic carbocycles. The molecule has 0 atom stereocenters. The van der Waals surface area contributed by atoms with E-state index in [2.05, 4.69) is 10.2 Å². The van der Waals surface area contributed by atoms with Crippen molar-refractivity contribution in [3.8, 4) is 0 Å². The van der Waals surface area contributed by atoms with Crippen LogP contribution in [-0.2, 0) is 17.8 Å². The van der Waals surface area contributed by atoms with Crippen molar-refractivity contribution in [2.75, 3.05) is 5.75 Å². The number of halogens is 1. The summed E-state index contributed by atoms with van der Waals surface area (Å²) in [5.41, 5.74) is 0.546. The summed E-state index contributed by atoms with van der Waals surface area (Å²) in [5.74, 6) is -0.627. The lowest BCUT2D eigenvalue weighted by Crippen LogP contribution is -2.06. The SMILES string of the molecule is CCn1c(Cc2ccccc2F)nnc1SCC(=O)O. The standard InChI is InChI=1S/C13H14FN3O2S/c1-2-17-11(7-9-5-3-4-6-10(9)14)15-16-13(17)20-8-12(18)19/h3-6H,2,7-8H2,1H3,(H,18,19). The number of hydrogen-bond donors (Lipinski definition) is 1. The fourth-order valence-electron chi connectivity index (χ4n) is 1.81. The normalized spacial score (nSPS) is 10.7. The van der Waals surface area contributed by atoms with Gasteiger partial charge in [0.25, 0.3) is 0 Å². The van der Waals surface area contributed by atoms with E-state index in [1.165, 1.54) is 6.07 Å². The van der Waals surface area contributed by atoms with Gasteiger partial charge in [-0.1, -0.05) is 30.0 Å². The highest BCUT2D eigenvalue weighted by Crippen LogP contribution is 2.19. The Morgan fingerprint density at radius 1 is 1.40 bits per heavy atom. The predicted molar refractivity (Wildman–Crippen MR) is 73.3 cm³/mol. The molecule has 1 N–H and O–H groups in total. The smallest absolute Gasteiger partial charge is 0.313 e. The number of hydrogen-bond acceptors (Lipinski definition) is 4. The van der Waals surface area contributed by atoms with Gasteiger partial charge in [-0.15, -0.1) is 10.2 Å². The second-order valence-electron chi connectivity index (χ2n) is 4.09. The summed E-state index contributed by atoms with van der Waals surface area (Å²) < 4.78 is 15.4. The van der Waals surface area contributed by atoms with Crippen molar-refractivity contribution in [3.63, 3.8) is 0 Å². The van der Waals surface area contributed by atoms with Gasteiger partial charge < -0.3 is 9.67 Å². The van der Waals surface area contributed by atoms with Gasteiger partial charge in [0.1, 0.15) is 11.6 Å². The maximum atomic E-state index is 13.6. The quantitative estimate of drug-likeness (QED) is 0.828. The summed E-state index contributed by atoms with van der Waals surface area (Å²) in [7, 11) is 0. The van der Waals surface area contributed by atoms with Crippen molar-refractivity contribution < 1.29 is 14.3 Å². The van der Waals surface area contributed by atoms with Gasteiger partial charge in [-0.25, -0.2) is 4.39 Å². The van der Waals surface area contributed by atoms with Gasteiger partial charge in [0.2, 0.25) is 0 Å². The van der Waals surface area contributed by atoms with Crippen molar-refractivity contribution in [2.24, 2.45) is 0 Å². The Morgan fingerprint density at radius 2 is 2.15 bits per heavy atom. The Balaban J connectivity index is 2.20. The molecular formula is C13H14FN3O2S. The van der Waals surface area contributed by atoms with E-state index < -0.39 is 5.97 Å². The highest BCUT2D eigenvalue weighted by molar-refractivity contribution is 7.99. The van der Waals surface area contributed by atoms with Crippen molar-refractivity contribution in [2.45, 2.75) is 25.0 Å². The van der Waals surface area contributed by atoms with E-state index in [0.29, 0.717) is 29.5 Å². The topological polar surface area (TPSA) is 68.0 Å². The minimum absolute atomic E-state index is 0.0716. The highest BCUT2D eigenvalue weighted by atomic mass is 32.2. The Bertz CT molecular complexity index is 615. The molecule has 0 saturated carbocycles. The minimum Gasteiger partial charge on any atom is -0.481 e. The molecule has 0 saturated heterocycles. The van der Waals surface area contributed by atoms with Gasteiger partial charge in [-0.2, -0.15) is 0 Å². The van der Waals surface area contributed by atoms with Gasteiger partial charge >= 0.3 is 5.97 Å². The first-order valence-electron chi connectivity index (χ1n) is 6.12. The molecule has 0 radical (unpaired) electrons. The van der Waals surface area contributed by atoms with E-state index in [4.69, 9.17) is 5.11 Å². The van der Waals surface area contributed by atoms with Gasteiger partial charge in [0, 0.05) is 13.0 Å². The first-order valence-corrected chi connectivity index (χ1v) is 7.10.